The minimum atomic E-state index is -0.0670. The normalized spacial score (nSPS) is 21.5. The summed E-state index contributed by atoms with van der Waals surface area (Å²) in [6, 6.07) is 14.2. The lowest BCUT2D eigenvalue weighted by molar-refractivity contribution is -0.114. The van der Waals surface area contributed by atoms with Crippen molar-refractivity contribution in [1.29, 1.82) is 0 Å². The molecule has 4 heteroatoms. The van der Waals surface area contributed by atoms with E-state index in [1.165, 1.54) is 21.8 Å². The second-order valence-corrected chi connectivity index (χ2v) is 9.53. The lowest BCUT2D eigenvalue weighted by atomic mass is 9.78. The molecule has 4 nitrogen and oxygen atoms in total. The van der Waals surface area contributed by atoms with Crippen LogP contribution in [0.15, 0.2) is 53.1 Å². The molecule has 0 N–H and O–H groups in total. The molecule has 1 unspecified atom stereocenters. The standard InChI is InChI=1S/C27H33N3O/c1-7-13-29-25-14-18(2)21(15-23(25)19(3)17-27(29,5)6)16-24-20(4)28-30(26(24)31)22-11-9-8-10-12-22/h8-12,14-16,19H,7,13,17H2,1-6H3/b24-16-. The van der Waals surface area contributed by atoms with Crippen LogP contribution in [0.5, 0.6) is 0 Å². The van der Waals surface area contributed by atoms with E-state index in [9.17, 15) is 4.79 Å². The van der Waals surface area contributed by atoms with Crippen LogP contribution in [0.25, 0.3) is 6.08 Å². The predicted octanol–water partition coefficient (Wildman–Crippen LogP) is 6.30. The minimum Gasteiger partial charge on any atom is -0.366 e. The maximum absolute atomic E-state index is 13.1. The number of fused-ring (bicyclic) bond motifs is 1. The zero-order chi connectivity index (χ0) is 22.3. The molecule has 31 heavy (non-hydrogen) atoms. The number of hydrogen-bond acceptors (Lipinski definition) is 3. The number of benzene rings is 2. The number of rotatable bonds is 4. The lowest BCUT2D eigenvalue weighted by Gasteiger charge is -2.48. The van der Waals surface area contributed by atoms with Gasteiger partial charge in [-0.2, -0.15) is 10.1 Å². The molecule has 0 aliphatic carbocycles. The van der Waals surface area contributed by atoms with Crippen molar-refractivity contribution in [3.8, 4) is 0 Å². The summed E-state index contributed by atoms with van der Waals surface area (Å²) in [6.45, 7) is 14.4. The zero-order valence-electron chi connectivity index (χ0n) is 19.6. The lowest BCUT2D eigenvalue weighted by Crippen LogP contribution is -2.48. The molecule has 1 atom stereocenters. The predicted molar refractivity (Wildman–Crippen MR) is 131 cm³/mol. The van der Waals surface area contributed by atoms with Crippen LogP contribution in [0.4, 0.5) is 11.4 Å². The number of para-hydroxylation sites is 1. The molecule has 1 amide bonds. The Balaban J connectivity index is 1.74. The van der Waals surface area contributed by atoms with Crippen LogP contribution in [0.3, 0.4) is 0 Å². The quantitative estimate of drug-likeness (QED) is 0.549. The summed E-state index contributed by atoms with van der Waals surface area (Å²) in [6.07, 6.45) is 4.28. The van der Waals surface area contributed by atoms with Crippen molar-refractivity contribution < 1.29 is 4.79 Å². The van der Waals surface area contributed by atoms with Crippen LogP contribution in [0.1, 0.15) is 70.1 Å². The van der Waals surface area contributed by atoms with Crippen molar-refractivity contribution in [2.45, 2.75) is 65.8 Å². The second kappa shape index (κ2) is 7.99. The van der Waals surface area contributed by atoms with Crippen molar-refractivity contribution in [1.82, 2.24) is 0 Å². The monoisotopic (exact) mass is 415 g/mol. The number of carbonyl (C=O) groups excluding carboxylic acids is 1. The van der Waals surface area contributed by atoms with Gasteiger partial charge in [0.05, 0.1) is 17.0 Å². The van der Waals surface area contributed by atoms with E-state index in [4.69, 9.17) is 0 Å². The molecular formula is C27H33N3O. The molecule has 2 aliphatic heterocycles. The maximum Gasteiger partial charge on any atom is 0.280 e. The van der Waals surface area contributed by atoms with E-state index >= 15 is 0 Å². The van der Waals surface area contributed by atoms with Crippen LogP contribution in [0, 0.1) is 6.92 Å². The summed E-state index contributed by atoms with van der Waals surface area (Å²) < 4.78 is 0. The summed E-state index contributed by atoms with van der Waals surface area (Å²) in [5.74, 6) is 0.410. The molecule has 2 aromatic carbocycles. The fraction of sp³-hybridized carbons (Fsp3) is 0.407. The molecule has 0 fully saturated rings. The Morgan fingerprint density at radius 1 is 1.16 bits per heavy atom. The number of aryl methyl sites for hydroxylation is 1. The van der Waals surface area contributed by atoms with E-state index in [-0.39, 0.29) is 11.4 Å². The highest BCUT2D eigenvalue weighted by atomic mass is 16.2. The first-order valence-electron chi connectivity index (χ1n) is 11.3. The highest BCUT2D eigenvalue weighted by Gasteiger charge is 2.36. The molecule has 2 aliphatic rings. The van der Waals surface area contributed by atoms with Crippen LogP contribution in [-0.4, -0.2) is 23.7 Å². The molecule has 4 rings (SSSR count). The molecule has 0 radical (unpaired) electrons. The van der Waals surface area contributed by atoms with Gasteiger partial charge in [0.2, 0.25) is 0 Å². The third kappa shape index (κ3) is 3.80. The van der Waals surface area contributed by atoms with Gasteiger partial charge in [0.15, 0.2) is 0 Å². The molecule has 0 aromatic heterocycles. The van der Waals surface area contributed by atoms with Crippen LogP contribution >= 0.6 is 0 Å². The van der Waals surface area contributed by atoms with Crippen molar-refractivity contribution in [2.24, 2.45) is 5.10 Å². The van der Waals surface area contributed by atoms with Crippen LogP contribution in [-0.2, 0) is 4.79 Å². The van der Waals surface area contributed by atoms with E-state index in [0.717, 1.165) is 36.3 Å². The van der Waals surface area contributed by atoms with E-state index in [1.807, 2.05) is 43.3 Å². The van der Waals surface area contributed by atoms with Crippen molar-refractivity contribution in [3.05, 3.63) is 64.7 Å². The van der Waals surface area contributed by atoms with Crippen molar-refractivity contribution in [2.75, 3.05) is 16.5 Å². The average Bonchev–Trinajstić information content (AvgIpc) is 3.00. The number of anilines is 2. The van der Waals surface area contributed by atoms with Crippen LogP contribution in [0.2, 0.25) is 0 Å². The largest absolute Gasteiger partial charge is 0.366 e. The van der Waals surface area contributed by atoms with E-state index in [0.29, 0.717) is 11.5 Å². The van der Waals surface area contributed by atoms with E-state index < -0.39 is 0 Å². The van der Waals surface area contributed by atoms with Gasteiger partial charge in [-0.1, -0.05) is 32.0 Å². The van der Waals surface area contributed by atoms with Gasteiger partial charge in [-0.15, -0.1) is 0 Å². The van der Waals surface area contributed by atoms with E-state index in [1.54, 1.807) is 0 Å². The molecule has 2 heterocycles. The summed E-state index contributed by atoms with van der Waals surface area (Å²) in [4.78, 5) is 15.7. The van der Waals surface area contributed by atoms with Gasteiger partial charge in [-0.25, -0.2) is 0 Å². The molecule has 0 saturated heterocycles. The molecule has 0 bridgehead atoms. The Kier molecular flexibility index (Phi) is 5.50. The maximum atomic E-state index is 13.1. The molecule has 2 aromatic rings. The van der Waals surface area contributed by atoms with Gasteiger partial charge in [0.1, 0.15) is 0 Å². The van der Waals surface area contributed by atoms with Gasteiger partial charge < -0.3 is 4.90 Å². The van der Waals surface area contributed by atoms with Crippen LogP contribution < -0.4 is 9.91 Å². The number of hydrazone groups is 1. The summed E-state index contributed by atoms with van der Waals surface area (Å²) in [5.41, 5.74) is 7.39. The number of hydrogen-bond donors (Lipinski definition) is 0. The Morgan fingerprint density at radius 2 is 1.87 bits per heavy atom. The number of nitrogens with zero attached hydrogens (tertiary/aromatic N) is 3. The highest BCUT2D eigenvalue weighted by molar-refractivity contribution is 6.32. The first-order chi connectivity index (χ1) is 14.7. The molecule has 0 spiro atoms. The van der Waals surface area contributed by atoms with E-state index in [2.05, 4.69) is 56.8 Å². The summed E-state index contributed by atoms with van der Waals surface area (Å²) in [5, 5.41) is 6.03. The topological polar surface area (TPSA) is 35.9 Å². The van der Waals surface area contributed by atoms with Gasteiger partial charge in [-0.3, -0.25) is 4.79 Å². The smallest absolute Gasteiger partial charge is 0.280 e. The van der Waals surface area contributed by atoms with Gasteiger partial charge in [0.25, 0.3) is 5.91 Å². The molecular weight excluding hydrogens is 382 g/mol. The molecule has 162 valence electrons. The average molecular weight is 416 g/mol. The highest BCUT2D eigenvalue weighted by Crippen LogP contribution is 2.44. The number of carbonyl (C=O) groups is 1. The van der Waals surface area contributed by atoms with Gasteiger partial charge >= 0.3 is 0 Å². The fourth-order valence-electron chi connectivity index (χ4n) is 5.04. The first kappa shape index (κ1) is 21.4. The fourth-order valence-corrected chi connectivity index (χ4v) is 5.04. The first-order valence-corrected chi connectivity index (χ1v) is 11.3. The third-order valence-electron chi connectivity index (χ3n) is 6.58. The molecule has 0 saturated carbocycles. The van der Waals surface area contributed by atoms with Gasteiger partial charge in [-0.05, 0) is 93.5 Å². The zero-order valence-corrected chi connectivity index (χ0v) is 19.6. The third-order valence-corrected chi connectivity index (χ3v) is 6.58. The Labute approximate surface area is 186 Å². The van der Waals surface area contributed by atoms with Crippen molar-refractivity contribution in [3.63, 3.8) is 0 Å². The Morgan fingerprint density at radius 3 is 2.55 bits per heavy atom. The summed E-state index contributed by atoms with van der Waals surface area (Å²) in [7, 11) is 0. The number of amides is 1. The second-order valence-electron chi connectivity index (χ2n) is 9.53. The summed E-state index contributed by atoms with van der Waals surface area (Å²) >= 11 is 0. The Hall–Kier alpha value is -2.88. The Bertz CT molecular complexity index is 1070. The SMILES string of the molecule is CCCN1c2cc(C)c(/C=C3\C(=O)N(c4ccccc4)N=C3C)cc2C(C)CC1(C)C. The van der Waals surface area contributed by atoms with Gasteiger partial charge in [0, 0.05) is 17.8 Å². The van der Waals surface area contributed by atoms with Crippen molar-refractivity contribution >= 4 is 29.1 Å². The minimum absolute atomic E-state index is 0.0670.